The summed E-state index contributed by atoms with van der Waals surface area (Å²) in [6.07, 6.45) is 8.77. The summed E-state index contributed by atoms with van der Waals surface area (Å²) in [7, 11) is 0. The molecule has 0 aromatic heterocycles. The van der Waals surface area contributed by atoms with Crippen LogP contribution in [0.1, 0.15) is 38.5 Å². The van der Waals surface area contributed by atoms with E-state index in [1.165, 1.54) is 64.7 Å². The average Bonchev–Trinajstić information content (AvgIpc) is 2.21. The molecule has 0 radical (unpaired) electrons. The molecule has 2 heterocycles. The fraction of sp³-hybridized carbons (Fsp3) is 1.00. The number of halogens is 2. The van der Waals surface area contributed by atoms with E-state index < -0.39 is 0 Å². The molecule has 90 valence electrons. The summed E-state index contributed by atoms with van der Waals surface area (Å²) >= 11 is 0.113. The van der Waals surface area contributed by atoms with Crippen molar-refractivity contribution in [2.24, 2.45) is 0 Å². The van der Waals surface area contributed by atoms with Gasteiger partial charge in [0.1, 0.15) is 0 Å². The Morgan fingerprint density at radius 2 is 0.867 bits per heavy atom. The van der Waals surface area contributed by atoms with E-state index in [-0.39, 0.29) is 29.1 Å². The second-order valence-corrected chi connectivity index (χ2v) is 6.48. The summed E-state index contributed by atoms with van der Waals surface area (Å²) in [5.74, 6) is 0. The van der Waals surface area contributed by atoms with Crippen molar-refractivity contribution in [1.82, 2.24) is 6.76 Å². The minimum atomic E-state index is 0. The van der Waals surface area contributed by atoms with Crippen molar-refractivity contribution in [2.45, 2.75) is 38.5 Å². The van der Waals surface area contributed by atoms with Crippen LogP contribution in [0.5, 0.6) is 0 Å². The van der Waals surface area contributed by atoms with Crippen LogP contribution in [-0.4, -0.2) is 32.9 Å². The molecule has 0 aromatic carbocycles. The van der Waals surface area contributed by atoms with Crippen molar-refractivity contribution >= 4 is 0 Å². The third-order valence-electron chi connectivity index (χ3n) is 2.99. The zero-order valence-electron chi connectivity index (χ0n) is 9.28. The van der Waals surface area contributed by atoms with Crippen LogP contribution in [0.3, 0.4) is 0 Å². The normalized spacial score (nSPS) is 23.7. The van der Waals surface area contributed by atoms with Gasteiger partial charge in [0.05, 0.1) is 0 Å². The van der Waals surface area contributed by atoms with Crippen molar-refractivity contribution in [2.75, 3.05) is 26.2 Å². The third-order valence-corrected chi connectivity index (χ3v) is 5.28. The summed E-state index contributed by atoms with van der Waals surface area (Å²) in [4.78, 5) is 0. The molecule has 2 aliphatic heterocycles. The van der Waals surface area contributed by atoms with Crippen molar-refractivity contribution in [3.05, 3.63) is 0 Å². The van der Waals surface area contributed by atoms with Gasteiger partial charge in [0.2, 0.25) is 0 Å². The van der Waals surface area contributed by atoms with Gasteiger partial charge in [0.25, 0.3) is 0 Å². The Kier molecular flexibility index (Phi) is 8.91. The Hall–Kier alpha value is 0.494. The summed E-state index contributed by atoms with van der Waals surface area (Å²) in [5, 5.41) is 0. The van der Waals surface area contributed by atoms with Crippen LogP contribution >= 0.6 is 0 Å². The minimum Gasteiger partial charge on any atom is -0.269 e. The second-order valence-electron chi connectivity index (χ2n) is 4.20. The molecule has 0 atom stereocenters. The zero-order chi connectivity index (χ0) is 8.93. The van der Waals surface area contributed by atoms with Crippen LogP contribution < -0.4 is 0 Å². The van der Waals surface area contributed by atoms with Gasteiger partial charge in [-0.25, -0.2) is 0 Å². The van der Waals surface area contributed by atoms with E-state index in [1.807, 2.05) is 0 Å². The topological polar surface area (TPSA) is 6.48 Å². The number of hydrogen-bond acceptors (Lipinski definition) is 2. The monoisotopic (exact) mass is 256 g/mol. The first-order chi connectivity index (χ1) is 6.45. The fourth-order valence-corrected chi connectivity index (χ4v) is 4.42. The molecular weight excluding hydrogens is 234 g/mol. The first kappa shape index (κ1) is 15.5. The van der Waals surface area contributed by atoms with Gasteiger partial charge in [-0.2, -0.15) is 0 Å². The van der Waals surface area contributed by atoms with Gasteiger partial charge < -0.3 is 0 Å². The maximum absolute atomic E-state index is 2.76. The summed E-state index contributed by atoms with van der Waals surface area (Å²) in [6, 6.07) is 0. The van der Waals surface area contributed by atoms with Crippen LogP contribution in [0.4, 0.5) is 9.41 Å². The average molecular weight is 256 g/mol. The SMILES string of the molecule is C1CC[N]([Ti][N]2CCCCC2)CC1.F.F. The van der Waals surface area contributed by atoms with E-state index in [2.05, 4.69) is 6.76 Å². The molecule has 2 nitrogen and oxygen atoms in total. The van der Waals surface area contributed by atoms with Crippen LogP contribution in [-0.2, 0) is 19.7 Å². The molecule has 0 saturated carbocycles. The van der Waals surface area contributed by atoms with Gasteiger partial charge in [-0.3, -0.25) is 9.41 Å². The molecule has 0 unspecified atom stereocenters. The molecule has 2 aliphatic rings. The molecule has 0 spiro atoms. The standard InChI is InChI=1S/2C5H10N.2FH.Ti/c2*1-2-4-6-5-3-1;;;/h2*1-5H2;2*1H;/q2*-1;;;+2. The molecule has 15 heavy (non-hydrogen) atoms. The molecule has 2 saturated heterocycles. The number of piperidine rings is 2. The van der Waals surface area contributed by atoms with Crippen molar-refractivity contribution < 1.29 is 29.1 Å². The van der Waals surface area contributed by atoms with Gasteiger partial charge in [-0.15, -0.1) is 0 Å². The van der Waals surface area contributed by atoms with Gasteiger partial charge in [0.15, 0.2) is 0 Å². The summed E-state index contributed by atoms with van der Waals surface area (Å²) < 4.78 is 5.52. The summed E-state index contributed by atoms with van der Waals surface area (Å²) in [6.45, 7) is 5.60. The molecular formula is C10H22F2N2Ti. The van der Waals surface area contributed by atoms with E-state index in [1.54, 1.807) is 0 Å². The summed E-state index contributed by atoms with van der Waals surface area (Å²) in [5.41, 5.74) is 0. The molecule has 0 aromatic rings. The Morgan fingerprint density at radius 3 is 1.20 bits per heavy atom. The van der Waals surface area contributed by atoms with Crippen LogP contribution in [0.2, 0.25) is 0 Å². The Bertz CT molecular complexity index is 132. The smallest absolute Gasteiger partial charge is 0.269 e. The van der Waals surface area contributed by atoms with Gasteiger partial charge >= 0.3 is 91.1 Å². The van der Waals surface area contributed by atoms with Gasteiger partial charge in [0, 0.05) is 0 Å². The van der Waals surface area contributed by atoms with E-state index >= 15 is 0 Å². The molecule has 0 amide bonds. The van der Waals surface area contributed by atoms with Crippen molar-refractivity contribution in [1.29, 1.82) is 0 Å². The molecule has 0 bridgehead atoms. The zero-order valence-corrected chi connectivity index (χ0v) is 10.8. The van der Waals surface area contributed by atoms with Crippen LogP contribution in [0.15, 0.2) is 0 Å². The molecule has 0 aliphatic carbocycles. The number of rotatable bonds is 2. The van der Waals surface area contributed by atoms with E-state index in [0.29, 0.717) is 0 Å². The van der Waals surface area contributed by atoms with Gasteiger partial charge in [-0.1, -0.05) is 0 Å². The third kappa shape index (κ3) is 5.39. The molecule has 0 N–H and O–H groups in total. The number of hydrogen-bond donors (Lipinski definition) is 0. The van der Waals surface area contributed by atoms with Crippen LogP contribution in [0.25, 0.3) is 0 Å². The predicted octanol–water partition coefficient (Wildman–Crippen LogP) is 2.18. The first-order valence-corrected chi connectivity index (χ1v) is 7.11. The minimum absolute atomic E-state index is 0. The van der Waals surface area contributed by atoms with E-state index in [9.17, 15) is 0 Å². The maximum atomic E-state index is 2.76. The van der Waals surface area contributed by atoms with Crippen LogP contribution in [0, 0.1) is 0 Å². The maximum Gasteiger partial charge on any atom is -0.269 e. The quantitative estimate of drug-likeness (QED) is 0.699. The van der Waals surface area contributed by atoms with Gasteiger partial charge in [-0.05, 0) is 0 Å². The van der Waals surface area contributed by atoms with Crippen molar-refractivity contribution in [3.8, 4) is 0 Å². The molecule has 2 fully saturated rings. The predicted molar refractivity (Wildman–Crippen MR) is 55.9 cm³/mol. The second kappa shape index (κ2) is 8.62. The molecule has 5 heteroatoms. The Balaban J connectivity index is 0.000000980. The number of nitrogens with zero attached hydrogens (tertiary/aromatic N) is 2. The fourth-order valence-electron chi connectivity index (χ4n) is 2.19. The van der Waals surface area contributed by atoms with Crippen molar-refractivity contribution in [3.63, 3.8) is 0 Å². The first-order valence-electron chi connectivity index (χ1n) is 5.71. The Labute approximate surface area is 101 Å². The van der Waals surface area contributed by atoms with E-state index in [0.717, 1.165) is 0 Å². The van der Waals surface area contributed by atoms with E-state index in [4.69, 9.17) is 0 Å². The Morgan fingerprint density at radius 1 is 0.533 bits per heavy atom. The largest absolute Gasteiger partial charge is 0.269 e. The molecule has 2 rings (SSSR count).